The van der Waals surface area contributed by atoms with Crippen LogP contribution in [0.15, 0.2) is 0 Å². The van der Waals surface area contributed by atoms with E-state index in [4.69, 9.17) is 5.11 Å². The molecule has 1 fully saturated rings. The van der Waals surface area contributed by atoms with Gasteiger partial charge in [-0.25, -0.2) is 0 Å². The number of amides is 1. The van der Waals surface area contributed by atoms with Gasteiger partial charge in [-0.2, -0.15) is 0 Å². The lowest BCUT2D eigenvalue weighted by Crippen LogP contribution is -2.34. The van der Waals surface area contributed by atoms with Crippen LogP contribution in [0.5, 0.6) is 0 Å². The number of nitrogens with zero attached hydrogens (tertiary/aromatic N) is 2. The molecule has 1 saturated heterocycles. The second-order valence-electron chi connectivity index (χ2n) is 3.86. The Labute approximate surface area is 85.5 Å². The van der Waals surface area contributed by atoms with Gasteiger partial charge in [0.05, 0.1) is 0 Å². The van der Waals surface area contributed by atoms with Gasteiger partial charge in [0.1, 0.15) is 0 Å². The van der Waals surface area contributed by atoms with Crippen LogP contribution in [0.3, 0.4) is 0 Å². The van der Waals surface area contributed by atoms with E-state index in [2.05, 4.69) is 11.9 Å². The molecular formula is C10H20N2O2. The first-order valence-electron chi connectivity index (χ1n) is 5.31. The van der Waals surface area contributed by atoms with Crippen molar-refractivity contribution in [1.82, 2.24) is 9.80 Å². The van der Waals surface area contributed by atoms with E-state index in [0.29, 0.717) is 12.8 Å². The van der Waals surface area contributed by atoms with Crippen molar-refractivity contribution >= 4 is 5.91 Å². The quantitative estimate of drug-likeness (QED) is 0.693. The molecule has 0 spiro atoms. The summed E-state index contributed by atoms with van der Waals surface area (Å²) in [6, 6.07) is 0. The van der Waals surface area contributed by atoms with Crippen molar-refractivity contribution in [1.29, 1.82) is 0 Å². The molecule has 0 radical (unpaired) electrons. The maximum Gasteiger partial charge on any atom is 0.222 e. The maximum absolute atomic E-state index is 11.6. The Morgan fingerprint density at radius 2 is 2.07 bits per heavy atom. The fraction of sp³-hybridized carbons (Fsp3) is 0.900. The van der Waals surface area contributed by atoms with Crippen LogP contribution in [-0.4, -0.2) is 60.6 Å². The van der Waals surface area contributed by atoms with Gasteiger partial charge < -0.3 is 14.9 Å². The fourth-order valence-electron chi connectivity index (χ4n) is 1.68. The average Bonchev–Trinajstić information content (AvgIpc) is 2.39. The Balaban J connectivity index is 2.31. The van der Waals surface area contributed by atoms with Crippen molar-refractivity contribution < 1.29 is 9.90 Å². The van der Waals surface area contributed by atoms with Crippen molar-refractivity contribution in [3.05, 3.63) is 0 Å². The molecule has 82 valence electrons. The third kappa shape index (κ3) is 3.64. The second-order valence-corrected chi connectivity index (χ2v) is 3.86. The van der Waals surface area contributed by atoms with Crippen LogP contribution in [0, 0.1) is 0 Å². The number of carbonyl (C=O) groups is 1. The van der Waals surface area contributed by atoms with Gasteiger partial charge in [-0.3, -0.25) is 4.79 Å². The zero-order valence-electron chi connectivity index (χ0n) is 8.91. The highest BCUT2D eigenvalue weighted by Gasteiger charge is 2.16. The van der Waals surface area contributed by atoms with Gasteiger partial charge in [-0.15, -0.1) is 0 Å². The molecule has 0 aromatic carbocycles. The predicted molar refractivity (Wildman–Crippen MR) is 55.0 cm³/mol. The van der Waals surface area contributed by atoms with Gasteiger partial charge in [0, 0.05) is 32.7 Å². The monoisotopic (exact) mass is 200 g/mol. The van der Waals surface area contributed by atoms with Gasteiger partial charge in [-0.05, 0) is 26.4 Å². The molecule has 4 heteroatoms. The molecule has 0 saturated carbocycles. The standard InChI is InChI=1S/C10H20N2O2/c1-11-5-3-6-12(8-7-11)10(14)4-2-9-13/h13H,2-9H2,1H3. The molecule has 0 bridgehead atoms. The summed E-state index contributed by atoms with van der Waals surface area (Å²) in [5.74, 6) is 0.189. The van der Waals surface area contributed by atoms with E-state index in [9.17, 15) is 4.79 Å². The summed E-state index contributed by atoms with van der Waals surface area (Å²) in [5.41, 5.74) is 0. The van der Waals surface area contributed by atoms with E-state index in [1.165, 1.54) is 0 Å². The maximum atomic E-state index is 11.6. The van der Waals surface area contributed by atoms with Crippen LogP contribution in [0.4, 0.5) is 0 Å². The third-order valence-electron chi connectivity index (χ3n) is 2.62. The lowest BCUT2D eigenvalue weighted by atomic mass is 10.2. The molecule has 0 atom stereocenters. The first kappa shape index (κ1) is 11.5. The highest BCUT2D eigenvalue weighted by molar-refractivity contribution is 5.76. The molecule has 1 aliphatic rings. The first-order chi connectivity index (χ1) is 6.74. The zero-order valence-corrected chi connectivity index (χ0v) is 8.91. The molecule has 0 aliphatic carbocycles. The lowest BCUT2D eigenvalue weighted by Gasteiger charge is -2.20. The molecule has 1 amide bonds. The number of hydrogen-bond donors (Lipinski definition) is 1. The fourth-order valence-corrected chi connectivity index (χ4v) is 1.68. The highest BCUT2D eigenvalue weighted by atomic mass is 16.3. The van der Waals surface area contributed by atoms with Gasteiger partial charge >= 0.3 is 0 Å². The highest BCUT2D eigenvalue weighted by Crippen LogP contribution is 2.04. The van der Waals surface area contributed by atoms with Crippen LogP contribution in [0.2, 0.25) is 0 Å². The van der Waals surface area contributed by atoms with Crippen LogP contribution < -0.4 is 0 Å². The summed E-state index contributed by atoms with van der Waals surface area (Å²) in [7, 11) is 2.09. The van der Waals surface area contributed by atoms with E-state index < -0.39 is 0 Å². The third-order valence-corrected chi connectivity index (χ3v) is 2.62. The Morgan fingerprint density at radius 3 is 2.79 bits per heavy atom. The second kappa shape index (κ2) is 5.98. The van der Waals surface area contributed by atoms with Crippen molar-refractivity contribution in [3.63, 3.8) is 0 Å². The molecule has 1 heterocycles. The number of rotatable bonds is 3. The smallest absolute Gasteiger partial charge is 0.222 e. The topological polar surface area (TPSA) is 43.8 Å². The molecular weight excluding hydrogens is 180 g/mol. The molecule has 0 unspecified atom stereocenters. The lowest BCUT2D eigenvalue weighted by molar-refractivity contribution is -0.131. The molecule has 1 aliphatic heterocycles. The van der Waals surface area contributed by atoms with Crippen LogP contribution >= 0.6 is 0 Å². The predicted octanol–water partition coefficient (Wildman–Crippen LogP) is -0.0770. The average molecular weight is 200 g/mol. The molecule has 0 aromatic heterocycles. The van der Waals surface area contributed by atoms with Crippen molar-refractivity contribution in [3.8, 4) is 0 Å². The van der Waals surface area contributed by atoms with Crippen molar-refractivity contribution in [2.24, 2.45) is 0 Å². The normalized spacial score (nSPS) is 19.4. The van der Waals surface area contributed by atoms with Crippen LogP contribution in [0.1, 0.15) is 19.3 Å². The summed E-state index contributed by atoms with van der Waals surface area (Å²) in [4.78, 5) is 15.8. The Morgan fingerprint density at radius 1 is 1.29 bits per heavy atom. The minimum absolute atomic E-state index is 0.111. The number of likely N-dealkylation sites (N-methyl/N-ethyl adjacent to an activating group) is 1. The SMILES string of the molecule is CN1CCCN(C(=O)CCCO)CC1. The van der Waals surface area contributed by atoms with Crippen LogP contribution in [-0.2, 0) is 4.79 Å². The summed E-state index contributed by atoms with van der Waals surface area (Å²) >= 11 is 0. The summed E-state index contributed by atoms with van der Waals surface area (Å²) in [6.45, 7) is 3.85. The molecule has 1 N–H and O–H groups in total. The molecule has 4 nitrogen and oxygen atoms in total. The Hall–Kier alpha value is -0.610. The van der Waals surface area contributed by atoms with E-state index in [1.54, 1.807) is 0 Å². The summed E-state index contributed by atoms with van der Waals surface area (Å²) < 4.78 is 0. The van der Waals surface area contributed by atoms with E-state index in [-0.39, 0.29) is 12.5 Å². The van der Waals surface area contributed by atoms with Crippen LogP contribution in [0.25, 0.3) is 0 Å². The van der Waals surface area contributed by atoms with Gasteiger partial charge in [-0.1, -0.05) is 0 Å². The van der Waals surface area contributed by atoms with Gasteiger partial charge in [0.15, 0.2) is 0 Å². The summed E-state index contributed by atoms with van der Waals surface area (Å²) in [6.07, 6.45) is 2.13. The number of aliphatic hydroxyl groups is 1. The first-order valence-corrected chi connectivity index (χ1v) is 5.31. The number of hydrogen-bond acceptors (Lipinski definition) is 3. The van der Waals surface area contributed by atoms with Crippen molar-refractivity contribution in [2.75, 3.05) is 39.8 Å². The molecule has 14 heavy (non-hydrogen) atoms. The Bertz CT molecular complexity index is 185. The Kier molecular flexibility index (Phi) is 4.90. The minimum Gasteiger partial charge on any atom is -0.396 e. The number of carbonyl (C=O) groups excluding carboxylic acids is 1. The van der Waals surface area contributed by atoms with Gasteiger partial charge in [0.25, 0.3) is 0 Å². The minimum atomic E-state index is 0.111. The van der Waals surface area contributed by atoms with Crippen molar-refractivity contribution in [2.45, 2.75) is 19.3 Å². The largest absolute Gasteiger partial charge is 0.396 e. The summed E-state index contributed by atoms with van der Waals surface area (Å²) in [5, 5.41) is 8.63. The van der Waals surface area contributed by atoms with E-state index >= 15 is 0 Å². The molecule has 0 aromatic rings. The van der Waals surface area contributed by atoms with Gasteiger partial charge in [0.2, 0.25) is 5.91 Å². The molecule has 1 rings (SSSR count). The number of aliphatic hydroxyl groups excluding tert-OH is 1. The van der Waals surface area contributed by atoms with E-state index in [0.717, 1.165) is 32.6 Å². The van der Waals surface area contributed by atoms with E-state index in [1.807, 2.05) is 4.90 Å². The zero-order chi connectivity index (χ0) is 10.4.